The molecule has 5 nitrogen and oxygen atoms in total. The molecular formula is C22H24F3N3O2. The van der Waals surface area contributed by atoms with Crippen LogP contribution in [0.4, 0.5) is 18.9 Å². The fraction of sp³-hybridized carbons (Fsp3) is 0.364. The van der Waals surface area contributed by atoms with Gasteiger partial charge in [0.05, 0.1) is 0 Å². The molecule has 0 bridgehead atoms. The highest BCUT2D eigenvalue weighted by atomic mass is 19.4. The summed E-state index contributed by atoms with van der Waals surface area (Å²) in [6, 6.07) is 13.7. The van der Waals surface area contributed by atoms with E-state index >= 15 is 0 Å². The number of amides is 2. The van der Waals surface area contributed by atoms with Gasteiger partial charge in [-0.2, -0.15) is 13.2 Å². The molecule has 1 aliphatic rings. The zero-order chi connectivity index (χ0) is 21.9. The number of benzene rings is 2. The van der Waals surface area contributed by atoms with Crippen LogP contribution in [0, 0.1) is 12.3 Å². The predicted octanol–water partition coefficient (Wildman–Crippen LogP) is 3.75. The smallest absolute Gasteiger partial charge is 0.355 e. The quantitative estimate of drug-likeness (QED) is 0.776. The molecule has 8 heteroatoms. The second-order valence-electron chi connectivity index (χ2n) is 7.59. The van der Waals surface area contributed by atoms with E-state index in [-0.39, 0.29) is 24.6 Å². The molecule has 0 aromatic heterocycles. The van der Waals surface area contributed by atoms with Crippen molar-refractivity contribution >= 4 is 17.5 Å². The highest BCUT2D eigenvalue weighted by Gasteiger charge is 2.63. The van der Waals surface area contributed by atoms with E-state index in [4.69, 9.17) is 0 Å². The number of halogens is 3. The van der Waals surface area contributed by atoms with Crippen LogP contribution in [-0.2, 0) is 11.3 Å². The zero-order valence-corrected chi connectivity index (χ0v) is 16.8. The zero-order valence-electron chi connectivity index (χ0n) is 16.8. The summed E-state index contributed by atoms with van der Waals surface area (Å²) in [6.07, 6.45) is -4.98. The number of hydrogen-bond donors (Lipinski definition) is 2. The van der Waals surface area contributed by atoms with Crippen molar-refractivity contribution in [2.45, 2.75) is 26.1 Å². The predicted molar refractivity (Wildman–Crippen MR) is 108 cm³/mol. The Morgan fingerprint density at radius 3 is 2.43 bits per heavy atom. The largest absolute Gasteiger partial charge is 0.404 e. The molecule has 2 aromatic carbocycles. The maximum Gasteiger partial charge on any atom is 0.404 e. The Morgan fingerprint density at radius 1 is 1.13 bits per heavy atom. The van der Waals surface area contributed by atoms with Crippen LogP contribution in [0.15, 0.2) is 48.5 Å². The molecule has 0 aliphatic carbocycles. The molecule has 30 heavy (non-hydrogen) atoms. The van der Waals surface area contributed by atoms with Crippen molar-refractivity contribution in [1.29, 1.82) is 0 Å². The van der Waals surface area contributed by atoms with E-state index < -0.39 is 24.0 Å². The van der Waals surface area contributed by atoms with Crippen LogP contribution in [0.1, 0.15) is 27.9 Å². The fourth-order valence-electron chi connectivity index (χ4n) is 3.74. The van der Waals surface area contributed by atoms with Crippen molar-refractivity contribution in [3.63, 3.8) is 0 Å². The number of alkyl halides is 3. The van der Waals surface area contributed by atoms with E-state index in [0.717, 1.165) is 5.56 Å². The first kappa shape index (κ1) is 21.8. The van der Waals surface area contributed by atoms with Crippen molar-refractivity contribution in [3.8, 4) is 0 Å². The lowest BCUT2D eigenvalue weighted by atomic mass is 9.85. The first-order valence-electron chi connectivity index (χ1n) is 9.63. The van der Waals surface area contributed by atoms with Gasteiger partial charge in [0.2, 0.25) is 5.91 Å². The average Bonchev–Trinajstić information content (AvgIpc) is 3.15. The van der Waals surface area contributed by atoms with Crippen molar-refractivity contribution in [2.75, 3.05) is 25.5 Å². The van der Waals surface area contributed by atoms with Gasteiger partial charge in [0.25, 0.3) is 5.91 Å². The monoisotopic (exact) mass is 419 g/mol. The number of aryl methyl sites for hydroxylation is 1. The Morgan fingerprint density at radius 2 is 1.83 bits per heavy atom. The molecule has 160 valence electrons. The van der Waals surface area contributed by atoms with Crippen molar-refractivity contribution in [2.24, 2.45) is 5.41 Å². The second kappa shape index (κ2) is 8.47. The summed E-state index contributed by atoms with van der Waals surface area (Å²) >= 11 is 0. The molecule has 1 aliphatic heterocycles. The minimum Gasteiger partial charge on any atom is -0.355 e. The number of nitrogens with zero attached hydrogens (tertiary/aromatic N) is 1. The van der Waals surface area contributed by atoms with Gasteiger partial charge in [-0.3, -0.25) is 14.5 Å². The Bertz CT molecular complexity index is 931. The van der Waals surface area contributed by atoms with Crippen LogP contribution >= 0.6 is 0 Å². The molecule has 1 unspecified atom stereocenters. The Balaban J connectivity index is 1.79. The van der Waals surface area contributed by atoms with Gasteiger partial charge in [-0.05, 0) is 49.2 Å². The first-order chi connectivity index (χ1) is 14.2. The minimum atomic E-state index is -4.68. The van der Waals surface area contributed by atoms with Gasteiger partial charge in [0.1, 0.15) is 0 Å². The summed E-state index contributed by atoms with van der Waals surface area (Å²) in [6.45, 7) is 1.77. The van der Waals surface area contributed by atoms with E-state index in [1.54, 1.807) is 11.8 Å². The topological polar surface area (TPSA) is 61.4 Å². The number of rotatable bonds is 5. The summed E-state index contributed by atoms with van der Waals surface area (Å²) in [5, 5.41) is 4.93. The average molecular weight is 419 g/mol. The Kier molecular flexibility index (Phi) is 6.17. The van der Waals surface area contributed by atoms with Crippen molar-refractivity contribution < 1.29 is 22.8 Å². The third-order valence-corrected chi connectivity index (χ3v) is 5.54. The summed E-state index contributed by atoms with van der Waals surface area (Å²) in [5.41, 5.74) is -0.433. The number of likely N-dealkylation sites (tertiary alicyclic amines) is 1. The number of nitrogens with one attached hydrogen (secondary N) is 2. The number of carbonyl (C=O) groups excluding carboxylic acids is 2. The van der Waals surface area contributed by atoms with Crippen LogP contribution in [-0.4, -0.2) is 43.0 Å². The van der Waals surface area contributed by atoms with Crippen LogP contribution in [0.2, 0.25) is 0 Å². The number of hydrogen-bond acceptors (Lipinski definition) is 3. The molecule has 1 heterocycles. The summed E-state index contributed by atoms with van der Waals surface area (Å²) in [4.78, 5) is 26.3. The highest BCUT2D eigenvalue weighted by Crippen LogP contribution is 2.46. The molecule has 0 radical (unpaired) electrons. The number of carbonyl (C=O) groups is 2. The van der Waals surface area contributed by atoms with Crippen LogP contribution in [0.25, 0.3) is 0 Å². The molecule has 0 saturated carbocycles. The third kappa shape index (κ3) is 4.33. The molecule has 2 aromatic rings. The van der Waals surface area contributed by atoms with E-state index in [1.807, 2.05) is 30.3 Å². The molecule has 2 N–H and O–H groups in total. The molecule has 1 atom stereocenters. The van der Waals surface area contributed by atoms with Gasteiger partial charge < -0.3 is 10.6 Å². The minimum absolute atomic E-state index is 0.177. The molecular weight excluding hydrogens is 395 g/mol. The van der Waals surface area contributed by atoms with Gasteiger partial charge in [-0.1, -0.05) is 30.3 Å². The maximum absolute atomic E-state index is 14.1. The van der Waals surface area contributed by atoms with Crippen LogP contribution in [0.3, 0.4) is 0 Å². The molecule has 2 amide bonds. The second-order valence-corrected chi connectivity index (χ2v) is 7.59. The van der Waals surface area contributed by atoms with Gasteiger partial charge >= 0.3 is 6.18 Å². The number of anilines is 1. The third-order valence-electron chi connectivity index (χ3n) is 5.54. The van der Waals surface area contributed by atoms with Crippen molar-refractivity contribution in [1.82, 2.24) is 10.2 Å². The van der Waals surface area contributed by atoms with Gasteiger partial charge in [-0.15, -0.1) is 0 Å². The first-order valence-corrected chi connectivity index (χ1v) is 9.63. The van der Waals surface area contributed by atoms with E-state index in [0.29, 0.717) is 17.7 Å². The Hall–Kier alpha value is -2.87. The molecule has 3 rings (SSSR count). The van der Waals surface area contributed by atoms with Crippen molar-refractivity contribution in [3.05, 3.63) is 65.2 Å². The normalized spacial score (nSPS) is 19.5. The lowest BCUT2D eigenvalue weighted by Gasteiger charge is -2.31. The lowest BCUT2D eigenvalue weighted by molar-refractivity contribution is -0.215. The van der Waals surface area contributed by atoms with Crippen LogP contribution in [0.5, 0.6) is 0 Å². The highest BCUT2D eigenvalue weighted by molar-refractivity contribution is 5.98. The van der Waals surface area contributed by atoms with Crippen LogP contribution < -0.4 is 10.6 Å². The maximum atomic E-state index is 14.1. The molecule has 1 saturated heterocycles. The van der Waals surface area contributed by atoms with E-state index in [2.05, 4.69) is 10.6 Å². The standard InChI is InChI=1S/C22H24F3N3O2/c1-15-12-17(19(29)26-2)8-9-18(15)27-20(30)21(22(23,24)25)10-11-28(14-21)13-16-6-4-3-5-7-16/h3-9,12H,10-11,13-14H2,1-2H3,(H,26,29)(H,27,30). The fourth-order valence-corrected chi connectivity index (χ4v) is 3.74. The summed E-state index contributed by atoms with van der Waals surface area (Å²) in [7, 11) is 1.49. The van der Waals surface area contributed by atoms with Gasteiger partial charge in [-0.25, -0.2) is 0 Å². The molecule has 1 fully saturated rings. The summed E-state index contributed by atoms with van der Waals surface area (Å²) < 4.78 is 42.2. The van der Waals surface area contributed by atoms with Gasteiger partial charge in [0, 0.05) is 31.4 Å². The lowest BCUT2D eigenvalue weighted by Crippen LogP contribution is -2.50. The van der Waals surface area contributed by atoms with Gasteiger partial charge in [0.15, 0.2) is 5.41 Å². The van der Waals surface area contributed by atoms with E-state index in [1.165, 1.54) is 25.2 Å². The van der Waals surface area contributed by atoms with E-state index in [9.17, 15) is 22.8 Å². The SMILES string of the molecule is CNC(=O)c1ccc(NC(=O)C2(C(F)(F)F)CCN(Cc3ccccc3)C2)c(C)c1. The summed E-state index contributed by atoms with van der Waals surface area (Å²) in [5.74, 6) is -1.38. The Labute approximate surface area is 173 Å². The molecule has 0 spiro atoms.